The van der Waals surface area contributed by atoms with E-state index in [9.17, 15) is 9.59 Å². The molecule has 0 atom stereocenters. The van der Waals surface area contributed by atoms with Crippen LogP contribution in [0.25, 0.3) is 0 Å². The Labute approximate surface area is 128 Å². The number of hydrogen-bond donors (Lipinski definition) is 1. The molecule has 0 aliphatic rings. The standard InChI is InChI=1S/C11H12N4O4S2/c1-3-18-8(16)5-20-11-14-13-10(21-11)12-9(17)7-4-6(2)19-15-7/h4H,3,5H2,1-2H3,(H,12,13,17). The monoisotopic (exact) mass is 328 g/mol. The summed E-state index contributed by atoms with van der Waals surface area (Å²) in [4.78, 5) is 23.0. The molecule has 0 aromatic carbocycles. The first-order valence-corrected chi connectivity index (χ1v) is 7.75. The van der Waals surface area contributed by atoms with Gasteiger partial charge in [-0.15, -0.1) is 10.2 Å². The predicted octanol–water partition coefficient (Wildman–Crippen LogP) is 1.74. The van der Waals surface area contributed by atoms with Crippen molar-refractivity contribution in [2.45, 2.75) is 18.2 Å². The van der Waals surface area contributed by atoms with Crippen LogP contribution in [0.2, 0.25) is 0 Å². The maximum Gasteiger partial charge on any atom is 0.316 e. The van der Waals surface area contributed by atoms with Gasteiger partial charge in [0.1, 0.15) is 5.76 Å². The first-order chi connectivity index (χ1) is 10.1. The highest BCUT2D eigenvalue weighted by Gasteiger charge is 2.14. The molecule has 0 unspecified atom stereocenters. The Kier molecular flexibility index (Phi) is 5.28. The van der Waals surface area contributed by atoms with Crippen LogP contribution in [-0.4, -0.2) is 39.6 Å². The first-order valence-electron chi connectivity index (χ1n) is 5.95. The van der Waals surface area contributed by atoms with Gasteiger partial charge < -0.3 is 9.26 Å². The molecule has 0 aliphatic heterocycles. The van der Waals surface area contributed by atoms with E-state index in [1.165, 1.54) is 29.2 Å². The van der Waals surface area contributed by atoms with E-state index in [-0.39, 0.29) is 17.4 Å². The quantitative estimate of drug-likeness (QED) is 0.485. The average Bonchev–Trinajstić information content (AvgIpc) is 3.06. The van der Waals surface area contributed by atoms with Gasteiger partial charge in [0.2, 0.25) is 5.13 Å². The number of rotatable bonds is 6. The van der Waals surface area contributed by atoms with Gasteiger partial charge in [-0.3, -0.25) is 14.9 Å². The minimum atomic E-state index is -0.426. The molecule has 2 rings (SSSR count). The largest absolute Gasteiger partial charge is 0.465 e. The highest BCUT2D eigenvalue weighted by Crippen LogP contribution is 2.25. The Hall–Kier alpha value is -1.94. The van der Waals surface area contributed by atoms with E-state index in [1.54, 1.807) is 13.8 Å². The highest BCUT2D eigenvalue weighted by molar-refractivity contribution is 8.01. The van der Waals surface area contributed by atoms with Gasteiger partial charge in [-0.05, 0) is 13.8 Å². The summed E-state index contributed by atoms with van der Waals surface area (Å²) >= 11 is 2.37. The summed E-state index contributed by atoms with van der Waals surface area (Å²) in [7, 11) is 0. The van der Waals surface area contributed by atoms with Gasteiger partial charge in [0.05, 0.1) is 12.4 Å². The van der Waals surface area contributed by atoms with Crippen molar-refractivity contribution in [3.63, 3.8) is 0 Å². The maximum atomic E-state index is 11.8. The lowest BCUT2D eigenvalue weighted by atomic mass is 10.4. The normalized spacial score (nSPS) is 10.4. The topological polar surface area (TPSA) is 107 Å². The van der Waals surface area contributed by atoms with Crippen LogP contribution in [0.15, 0.2) is 14.9 Å². The Morgan fingerprint density at radius 1 is 1.48 bits per heavy atom. The molecular weight excluding hydrogens is 316 g/mol. The molecular formula is C11H12N4O4S2. The molecule has 2 aromatic heterocycles. The Bertz CT molecular complexity index is 640. The number of carbonyl (C=O) groups excluding carboxylic acids is 2. The van der Waals surface area contributed by atoms with E-state index < -0.39 is 5.91 Å². The van der Waals surface area contributed by atoms with Crippen molar-refractivity contribution in [2.75, 3.05) is 17.7 Å². The molecule has 0 radical (unpaired) electrons. The molecule has 0 aliphatic carbocycles. The third-order valence-electron chi connectivity index (χ3n) is 2.11. The molecule has 1 amide bonds. The summed E-state index contributed by atoms with van der Waals surface area (Å²) < 4.78 is 10.2. The van der Waals surface area contributed by atoms with Crippen molar-refractivity contribution in [2.24, 2.45) is 0 Å². The number of nitrogens with zero attached hydrogens (tertiary/aromatic N) is 3. The maximum absolute atomic E-state index is 11.8. The van der Waals surface area contributed by atoms with E-state index in [4.69, 9.17) is 9.26 Å². The Morgan fingerprint density at radius 2 is 2.29 bits per heavy atom. The fourth-order valence-electron chi connectivity index (χ4n) is 1.28. The number of aromatic nitrogens is 3. The van der Waals surface area contributed by atoms with E-state index in [0.717, 1.165) is 0 Å². The lowest BCUT2D eigenvalue weighted by molar-refractivity contribution is -0.139. The Morgan fingerprint density at radius 3 is 2.95 bits per heavy atom. The summed E-state index contributed by atoms with van der Waals surface area (Å²) in [5, 5.41) is 14.2. The summed E-state index contributed by atoms with van der Waals surface area (Å²) in [5.74, 6) is -0.0479. The molecule has 0 saturated carbocycles. The van der Waals surface area contributed by atoms with Crippen molar-refractivity contribution in [1.82, 2.24) is 15.4 Å². The van der Waals surface area contributed by atoms with Gasteiger partial charge in [-0.2, -0.15) is 0 Å². The van der Waals surface area contributed by atoms with Gasteiger partial charge in [-0.25, -0.2) is 0 Å². The lowest BCUT2D eigenvalue weighted by Gasteiger charge is -1.98. The zero-order valence-electron chi connectivity index (χ0n) is 11.3. The fraction of sp³-hybridized carbons (Fsp3) is 0.364. The van der Waals surface area contributed by atoms with Crippen LogP contribution in [0.3, 0.4) is 0 Å². The molecule has 8 nitrogen and oxygen atoms in total. The van der Waals surface area contributed by atoms with Crippen LogP contribution >= 0.6 is 23.1 Å². The third-order valence-corrected chi connectivity index (χ3v) is 4.05. The number of amides is 1. The zero-order valence-corrected chi connectivity index (χ0v) is 12.9. The van der Waals surface area contributed by atoms with Crippen LogP contribution in [0.4, 0.5) is 5.13 Å². The van der Waals surface area contributed by atoms with E-state index in [1.807, 2.05) is 0 Å². The number of aryl methyl sites for hydroxylation is 1. The summed E-state index contributed by atoms with van der Waals surface area (Å²) in [5.41, 5.74) is 0.170. The van der Waals surface area contributed by atoms with Crippen molar-refractivity contribution in [3.8, 4) is 0 Å². The molecule has 2 aromatic rings. The minimum absolute atomic E-state index is 0.152. The van der Waals surface area contributed by atoms with Crippen LogP contribution in [0.1, 0.15) is 23.2 Å². The second-order valence-electron chi connectivity index (χ2n) is 3.74. The molecule has 2 heterocycles. The highest BCUT2D eigenvalue weighted by atomic mass is 32.2. The second-order valence-corrected chi connectivity index (χ2v) is 5.94. The van der Waals surface area contributed by atoms with Crippen LogP contribution in [-0.2, 0) is 9.53 Å². The number of hydrogen-bond acceptors (Lipinski definition) is 9. The van der Waals surface area contributed by atoms with Gasteiger partial charge in [0.25, 0.3) is 5.91 Å². The SMILES string of the molecule is CCOC(=O)CSc1nnc(NC(=O)c2cc(C)on2)s1. The molecule has 0 spiro atoms. The van der Waals surface area contributed by atoms with Crippen molar-refractivity contribution in [3.05, 3.63) is 17.5 Å². The molecule has 21 heavy (non-hydrogen) atoms. The Balaban J connectivity index is 1.88. The number of anilines is 1. The predicted molar refractivity (Wildman–Crippen MR) is 76.5 cm³/mol. The number of thioether (sulfide) groups is 1. The van der Waals surface area contributed by atoms with E-state index in [0.29, 0.717) is 21.8 Å². The van der Waals surface area contributed by atoms with Crippen molar-refractivity contribution in [1.29, 1.82) is 0 Å². The van der Waals surface area contributed by atoms with E-state index in [2.05, 4.69) is 20.7 Å². The number of nitrogens with one attached hydrogen (secondary N) is 1. The number of esters is 1. The fourth-order valence-corrected chi connectivity index (χ4v) is 2.82. The van der Waals surface area contributed by atoms with E-state index >= 15 is 0 Å². The van der Waals surface area contributed by atoms with Crippen molar-refractivity contribution < 1.29 is 18.8 Å². The molecule has 0 bridgehead atoms. The van der Waals surface area contributed by atoms with Gasteiger partial charge in [0.15, 0.2) is 10.0 Å². The van der Waals surface area contributed by atoms with Crippen LogP contribution < -0.4 is 5.32 Å². The molecule has 112 valence electrons. The molecule has 10 heteroatoms. The third kappa shape index (κ3) is 4.53. The zero-order chi connectivity index (χ0) is 15.2. The lowest BCUT2D eigenvalue weighted by Crippen LogP contribution is -2.11. The number of carbonyl (C=O) groups is 2. The second kappa shape index (κ2) is 7.18. The van der Waals surface area contributed by atoms with Crippen LogP contribution in [0, 0.1) is 6.92 Å². The van der Waals surface area contributed by atoms with Gasteiger partial charge >= 0.3 is 5.97 Å². The summed E-state index contributed by atoms with van der Waals surface area (Å²) in [6, 6.07) is 1.52. The summed E-state index contributed by atoms with van der Waals surface area (Å²) in [6.45, 7) is 3.78. The van der Waals surface area contributed by atoms with Gasteiger partial charge in [0, 0.05) is 6.07 Å². The number of ether oxygens (including phenoxy) is 1. The molecule has 1 N–H and O–H groups in total. The smallest absolute Gasteiger partial charge is 0.316 e. The van der Waals surface area contributed by atoms with Gasteiger partial charge in [-0.1, -0.05) is 28.3 Å². The van der Waals surface area contributed by atoms with Crippen LogP contribution in [0.5, 0.6) is 0 Å². The molecule has 0 fully saturated rings. The average molecular weight is 328 g/mol. The summed E-state index contributed by atoms with van der Waals surface area (Å²) in [6.07, 6.45) is 0. The minimum Gasteiger partial charge on any atom is -0.465 e. The van der Waals surface area contributed by atoms with Crippen molar-refractivity contribution >= 4 is 40.1 Å². The first kappa shape index (κ1) is 15.4. The molecule has 0 saturated heterocycles.